The minimum atomic E-state index is 0.612. The van der Waals surface area contributed by atoms with E-state index in [4.69, 9.17) is 0 Å². The molecule has 4 nitrogen and oxygen atoms in total. The summed E-state index contributed by atoms with van der Waals surface area (Å²) in [5, 5.41) is 8.05. The molecule has 0 saturated heterocycles. The van der Waals surface area contributed by atoms with Gasteiger partial charge >= 0.3 is 0 Å². The molecule has 0 radical (unpaired) electrons. The summed E-state index contributed by atoms with van der Waals surface area (Å²) in [4.78, 5) is 9.24. The SMILES string of the molecule is Brc1ccccc1C1=NC(c2ccc3[nH]ncc3c2)=NC1. The van der Waals surface area contributed by atoms with Crippen LogP contribution in [0.4, 0.5) is 0 Å². The molecule has 1 aliphatic heterocycles. The first-order valence-corrected chi connectivity index (χ1v) is 7.41. The van der Waals surface area contributed by atoms with Crippen molar-refractivity contribution < 1.29 is 0 Å². The molecule has 0 amide bonds. The number of benzene rings is 2. The summed E-state index contributed by atoms with van der Waals surface area (Å²) >= 11 is 3.57. The lowest BCUT2D eigenvalue weighted by Crippen LogP contribution is -2.02. The Bertz CT molecular complexity index is 892. The number of aromatic nitrogens is 2. The standard InChI is InChI=1S/C16H11BrN4/c17-13-4-2-1-3-12(13)15-9-18-16(20-15)10-5-6-14-11(7-10)8-19-21-14/h1-8H,9H2,(H,19,21). The van der Waals surface area contributed by atoms with Crippen molar-refractivity contribution in [3.05, 3.63) is 64.3 Å². The van der Waals surface area contributed by atoms with Gasteiger partial charge in [-0.05, 0) is 24.3 Å². The fourth-order valence-electron chi connectivity index (χ4n) is 2.43. The van der Waals surface area contributed by atoms with Crippen LogP contribution in [-0.4, -0.2) is 28.3 Å². The number of amidine groups is 1. The summed E-state index contributed by atoms with van der Waals surface area (Å²) in [6.45, 7) is 0.612. The largest absolute Gasteiger partial charge is 0.278 e. The van der Waals surface area contributed by atoms with Crippen LogP contribution in [0.2, 0.25) is 0 Å². The van der Waals surface area contributed by atoms with Crippen LogP contribution in [0.15, 0.2) is 63.1 Å². The van der Waals surface area contributed by atoms with Gasteiger partial charge in [0.15, 0.2) is 5.84 Å². The molecule has 1 aromatic heterocycles. The third-order valence-corrected chi connectivity index (χ3v) is 4.19. The number of hydrogen-bond donors (Lipinski definition) is 1. The highest BCUT2D eigenvalue weighted by molar-refractivity contribution is 9.10. The third-order valence-electron chi connectivity index (χ3n) is 3.50. The summed E-state index contributed by atoms with van der Waals surface area (Å²) in [6, 6.07) is 14.2. The van der Waals surface area contributed by atoms with E-state index in [9.17, 15) is 0 Å². The predicted octanol–water partition coefficient (Wildman–Crippen LogP) is 3.57. The van der Waals surface area contributed by atoms with E-state index >= 15 is 0 Å². The fraction of sp³-hybridized carbons (Fsp3) is 0.0625. The van der Waals surface area contributed by atoms with E-state index in [0.717, 1.165) is 38.0 Å². The van der Waals surface area contributed by atoms with Crippen molar-refractivity contribution in [1.82, 2.24) is 10.2 Å². The van der Waals surface area contributed by atoms with Gasteiger partial charge in [-0.1, -0.05) is 34.1 Å². The highest BCUT2D eigenvalue weighted by atomic mass is 79.9. The number of nitrogens with one attached hydrogen (secondary N) is 1. The van der Waals surface area contributed by atoms with Gasteiger partial charge in [0.05, 0.1) is 24.0 Å². The monoisotopic (exact) mass is 338 g/mol. The number of rotatable bonds is 2. The predicted molar refractivity (Wildman–Crippen MR) is 88.2 cm³/mol. The van der Waals surface area contributed by atoms with Crippen LogP contribution in [0, 0.1) is 0 Å². The normalized spacial score (nSPS) is 14.3. The molecule has 5 heteroatoms. The second-order valence-corrected chi connectivity index (χ2v) is 5.70. The first-order chi connectivity index (χ1) is 10.3. The third kappa shape index (κ3) is 2.19. The molecule has 1 N–H and O–H groups in total. The van der Waals surface area contributed by atoms with E-state index in [-0.39, 0.29) is 0 Å². The lowest BCUT2D eigenvalue weighted by atomic mass is 10.1. The summed E-state index contributed by atoms with van der Waals surface area (Å²) in [7, 11) is 0. The van der Waals surface area contributed by atoms with Gasteiger partial charge in [-0.15, -0.1) is 0 Å². The number of aliphatic imine (C=N–C) groups is 2. The van der Waals surface area contributed by atoms with Crippen LogP contribution in [0.5, 0.6) is 0 Å². The van der Waals surface area contributed by atoms with E-state index in [0.29, 0.717) is 6.54 Å². The molecule has 2 aromatic carbocycles. The molecular weight excluding hydrogens is 328 g/mol. The summed E-state index contributed by atoms with van der Waals surface area (Å²) in [5.41, 5.74) is 4.13. The smallest absolute Gasteiger partial charge is 0.155 e. The van der Waals surface area contributed by atoms with Crippen molar-refractivity contribution >= 4 is 38.4 Å². The van der Waals surface area contributed by atoms with Crippen LogP contribution in [-0.2, 0) is 0 Å². The molecule has 102 valence electrons. The van der Waals surface area contributed by atoms with Gasteiger partial charge in [0.2, 0.25) is 0 Å². The van der Waals surface area contributed by atoms with Crippen molar-refractivity contribution in [2.45, 2.75) is 0 Å². The molecule has 0 spiro atoms. The Morgan fingerprint density at radius 1 is 1.10 bits per heavy atom. The van der Waals surface area contributed by atoms with Crippen LogP contribution < -0.4 is 0 Å². The van der Waals surface area contributed by atoms with Gasteiger partial charge in [0.25, 0.3) is 0 Å². The molecule has 21 heavy (non-hydrogen) atoms. The summed E-state index contributed by atoms with van der Waals surface area (Å²) < 4.78 is 1.05. The molecule has 4 rings (SSSR count). The second kappa shape index (κ2) is 4.93. The zero-order valence-electron chi connectivity index (χ0n) is 11.0. The minimum Gasteiger partial charge on any atom is -0.278 e. The van der Waals surface area contributed by atoms with Gasteiger partial charge in [-0.2, -0.15) is 5.10 Å². The number of halogens is 1. The molecule has 0 atom stereocenters. The Morgan fingerprint density at radius 2 is 2.00 bits per heavy atom. The van der Waals surface area contributed by atoms with Crippen LogP contribution in [0.1, 0.15) is 11.1 Å². The molecule has 0 unspecified atom stereocenters. The maximum atomic E-state index is 4.69. The van der Waals surface area contributed by atoms with Crippen LogP contribution in [0.3, 0.4) is 0 Å². The van der Waals surface area contributed by atoms with E-state index < -0.39 is 0 Å². The maximum absolute atomic E-state index is 4.69. The van der Waals surface area contributed by atoms with Gasteiger partial charge in [-0.3, -0.25) is 10.1 Å². The molecule has 0 saturated carbocycles. The number of aromatic amines is 1. The Labute approximate surface area is 129 Å². The Kier molecular flexibility index (Phi) is 2.93. The molecule has 3 aromatic rings. The molecule has 1 aliphatic rings. The van der Waals surface area contributed by atoms with Gasteiger partial charge in [0.1, 0.15) is 0 Å². The van der Waals surface area contributed by atoms with Gasteiger partial charge in [0, 0.05) is 21.0 Å². The van der Waals surface area contributed by atoms with Crippen molar-refractivity contribution in [1.29, 1.82) is 0 Å². The Balaban J connectivity index is 1.72. The van der Waals surface area contributed by atoms with Crippen molar-refractivity contribution in [2.75, 3.05) is 6.54 Å². The summed E-state index contributed by atoms with van der Waals surface area (Å²) in [5.74, 6) is 0.781. The van der Waals surface area contributed by atoms with Crippen molar-refractivity contribution in [3.8, 4) is 0 Å². The average Bonchev–Trinajstić information content (AvgIpc) is 3.16. The summed E-state index contributed by atoms with van der Waals surface area (Å²) in [6.07, 6.45) is 1.81. The molecule has 0 aliphatic carbocycles. The maximum Gasteiger partial charge on any atom is 0.155 e. The Morgan fingerprint density at radius 3 is 2.90 bits per heavy atom. The zero-order valence-corrected chi connectivity index (χ0v) is 12.6. The first kappa shape index (κ1) is 12.5. The number of H-pyrrole nitrogens is 1. The topological polar surface area (TPSA) is 53.4 Å². The van der Waals surface area contributed by atoms with E-state index in [1.54, 1.807) is 0 Å². The minimum absolute atomic E-state index is 0.612. The number of fused-ring (bicyclic) bond motifs is 1. The first-order valence-electron chi connectivity index (χ1n) is 6.62. The number of nitrogens with zero attached hydrogens (tertiary/aromatic N) is 3. The van der Waals surface area contributed by atoms with E-state index in [2.05, 4.69) is 48.2 Å². The quantitative estimate of drug-likeness (QED) is 0.762. The Hall–Kier alpha value is -2.27. The van der Waals surface area contributed by atoms with Gasteiger partial charge < -0.3 is 0 Å². The van der Waals surface area contributed by atoms with Gasteiger partial charge in [-0.25, -0.2) is 4.99 Å². The zero-order chi connectivity index (χ0) is 14.2. The lowest BCUT2D eigenvalue weighted by Gasteiger charge is -2.02. The van der Waals surface area contributed by atoms with E-state index in [1.165, 1.54) is 0 Å². The fourth-order valence-corrected chi connectivity index (χ4v) is 2.94. The molecule has 0 bridgehead atoms. The lowest BCUT2D eigenvalue weighted by molar-refractivity contribution is 1.12. The number of hydrogen-bond acceptors (Lipinski definition) is 3. The molecule has 0 fully saturated rings. The van der Waals surface area contributed by atoms with Crippen molar-refractivity contribution in [3.63, 3.8) is 0 Å². The second-order valence-electron chi connectivity index (χ2n) is 4.85. The van der Waals surface area contributed by atoms with E-state index in [1.807, 2.05) is 36.5 Å². The average molecular weight is 339 g/mol. The molecule has 2 heterocycles. The molecular formula is C16H11BrN4. The van der Waals surface area contributed by atoms with Crippen LogP contribution >= 0.6 is 15.9 Å². The van der Waals surface area contributed by atoms with Crippen molar-refractivity contribution in [2.24, 2.45) is 9.98 Å². The highest BCUT2D eigenvalue weighted by Gasteiger charge is 2.15. The highest BCUT2D eigenvalue weighted by Crippen LogP contribution is 2.21. The van der Waals surface area contributed by atoms with Crippen LogP contribution in [0.25, 0.3) is 10.9 Å².